The van der Waals surface area contributed by atoms with E-state index < -0.39 is 5.54 Å². The molecule has 0 radical (unpaired) electrons. The fourth-order valence-electron chi connectivity index (χ4n) is 2.69. The number of benzene rings is 1. The fourth-order valence-corrected chi connectivity index (χ4v) is 3.55. The van der Waals surface area contributed by atoms with E-state index in [4.69, 9.17) is 5.41 Å². The molecule has 1 fully saturated rings. The molecule has 1 aromatic heterocycles. The van der Waals surface area contributed by atoms with E-state index in [0.717, 1.165) is 5.56 Å². The molecular formula is C14H16BN3OS. The van der Waals surface area contributed by atoms with Crippen molar-refractivity contribution < 1.29 is 4.79 Å². The number of thiophene rings is 1. The third kappa shape index (κ3) is 1.91. The van der Waals surface area contributed by atoms with Gasteiger partial charge >= 0.3 is 0 Å². The molecule has 0 saturated carbocycles. The van der Waals surface area contributed by atoms with Gasteiger partial charge in [0.25, 0.3) is 0 Å². The Morgan fingerprint density at radius 1 is 1.50 bits per heavy atom. The Balaban J connectivity index is 2.09. The summed E-state index contributed by atoms with van der Waals surface area (Å²) in [5, 5.41) is 14.4. The number of rotatable bonds is 1. The minimum atomic E-state index is -0.512. The van der Waals surface area contributed by atoms with E-state index in [-0.39, 0.29) is 11.9 Å². The summed E-state index contributed by atoms with van der Waals surface area (Å²) >= 11 is 1.73. The van der Waals surface area contributed by atoms with Crippen LogP contribution in [0.4, 0.5) is 0 Å². The molecule has 1 aliphatic heterocycles. The Hall–Kier alpha value is -1.82. The number of guanidine groups is 1. The second-order valence-electron chi connectivity index (χ2n) is 5.57. The number of amides is 1. The van der Waals surface area contributed by atoms with Gasteiger partial charge in [-0.15, -0.1) is 11.3 Å². The first-order chi connectivity index (χ1) is 9.40. The van der Waals surface area contributed by atoms with Gasteiger partial charge in [-0.25, -0.2) is 0 Å². The van der Waals surface area contributed by atoms with Crippen LogP contribution in [-0.2, 0) is 10.3 Å². The van der Waals surface area contributed by atoms with Crippen molar-refractivity contribution >= 4 is 46.6 Å². The zero-order valence-corrected chi connectivity index (χ0v) is 12.6. The van der Waals surface area contributed by atoms with Crippen LogP contribution in [-0.4, -0.2) is 31.7 Å². The van der Waals surface area contributed by atoms with Gasteiger partial charge in [0.2, 0.25) is 5.91 Å². The van der Waals surface area contributed by atoms with E-state index in [0.29, 0.717) is 6.42 Å². The van der Waals surface area contributed by atoms with Gasteiger partial charge in [0.15, 0.2) is 5.96 Å². The zero-order chi connectivity index (χ0) is 14.5. The van der Waals surface area contributed by atoms with Crippen LogP contribution in [0.2, 0.25) is 0 Å². The van der Waals surface area contributed by atoms with Crippen LogP contribution in [0.25, 0.3) is 10.1 Å². The van der Waals surface area contributed by atoms with E-state index in [1.54, 1.807) is 18.4 Å². The molecule has 102 valence electrons. The monoisotopic (exact) mass is 285 g/mol. The highest BCUT2D eigenvalue weighted by molar-refractivity contribution is 7.18. The maximum atomic E-state index is 12.0. The standard InChI is InChI=1S/C14H16BN3OS/c1-14(7-11(19)18(2)13(16)17-14)9-5-8-3-4-20-12(8)10(15)6-9/h3-6H,7,15H2,1-2H3,(H2,16,17)/t14-/m0/s1. The van der Waals surface area contributed by atoms with Crippen molar-refractivity contribution in [3.63, 3.8) is 0 Å². The summed E-state index contributed by atoms with van der Waals surface area (Å²) in [6, 6.07) is 6.34. The Morgan fingerprint density at radius 3 is 2.95 bits per heavy atom. The maximum Gasteiger partial charge on any atom is 0.231 e. The molecular weight excluding hydrogens is 269 g/mol. The van der Waals surface area contributed by atoms with Gasteiger partial charge in [-0.05, 0) is 35.4 Å². The summed E-state index contributed by atoms with van der Waals surface area (Å²) in [5.41, 5.74) is 1.77. The van der Waals surface area contributed by atoms with Gasteiger partial charge in [-0.2, -0.15) is 0 Å². The number of carbonyl (C=O) groups is 1. The molecule has 0 unspecified atom stereocenters. The van der Waals surface area contributed by atoms with Gasteiger partial charge in [0.1, 0.15) is 7.85 Å². The topological polar surface area (TPSA) is 56.2 Å². The molecule has 0 aliphatic carbocycles. The van der Waals surface area contributed by atoms with Crippen molar-refractivity contribution in [3.8, 4) is 0 Å². The maximum absolute atomic E-state index is 12.0. The van der Waals surface area contributed by atoms with Gasteiger partial charge < -0.3 is 5.32 Å². The lowest BCUT2D eigenvalue weighted by Crippen LogP contribution is -2.58. The highest BCUT2D eigenvalue weighted by atomic mass is 32.1. The highest BCUT2D eigenvalue weighted by Crippen LogP contribution is 2.31. The number of nitrogens with one attached hydrogen (secondary N) is 2. The normalized spacial score (nSPS) is 23.2. The molecule has 1 aliphatic rings. The SMILES string of the molecule is Bc1cc([C@]2(C)CC(=O)N(C)C(=N)N2)cc2ccsc12. The first-order valence-electron chi connectivity index (χ1n) is 6.52. The Bertz CT molecular complexity index is 706. The summed E-state index contributed by atoms with van der Waals surface area (Å²) in [7, 11) is 3.72. The van der Waals surface area contributed by atoms with Crippen LogP contribution >= 0.6 is 11.3 Å². The molecule has 3 rings (SSSR count). The summed E-state index contributed by atoms with van der Waals surface area (Å²) in [6.45, 7) is 1.99. The zero-order valence-electron chi connectivity index (χ0n) is 11.8. The number of hydrogen-bond acceptors (Lipinski definition) is 3. The molecule has 2 aromatic rings. The lowest BCUT2D eigenvalue weighted by atomic mass is 9.82. The third-order valence-electron chi connectivity index (χ3n) is 3.98. The minimum absolute atomic E-state index is 0.0284. The predicted octanol–water partition coefficient (Wildman–Crippen LogP) is 0.761. The second-order valence-corrected chi connectivity index (χ2v) is 6.48. The van der Waals surface area contributed by atoms with Crippen LogP contribution in [0.5, 0.6) is 0 Å². The molecule has 0 bridgehead atoms. The summed E-state index contributed by atoms with van der Waals surface area (Å²) < 4.78 is 1.28. The van der Waals surface area contributed by atoms with Crippen LogP contribution in [0.1, 0.15) is 18.9 Å². The molecule has 1 aromatic carbocycles. The number of fused-ring (bicyclic) bond motifs is 1. The lowest BCUT2D eigenvalue weighted by Gasteiger charge is -2.39. The van der Waals surface area contributed by atoms with Crippen molar-refractivity contribution in [2.45, 2.75) is 18.9 Å². The van der Waals surface area contributed by atoms with Crippen LogP contribution in [0.15, 0.2) is 23.6 Å². The van der Waals surface area contributed by atoms with Gasteiger partial charge in [0, 0.05) is 11.7 Å². The van der Waals surface area contributed by atoms with Gasteiger partial charge in [0.05, 0.1) is 12.0 Å². The molecule has 1 amide bonds. The van der Waals surface area contributed by atoms with Crippen molar-refractivity contribution in [1.29, 1.82) is 5.41 Å². The Labute approximate surface area is 122 Å². The summed E-state index contributed by atoms with van der Waals surface area (Å²) in [5.74, 6) is 0.131. The van der Waals surface area contributed by atoms with E-state index >= 15 is 0 Å². The average molecular weight is 285 g/mol. The van der Waals surface area contributed by atoms with E-state index in [9.17, 15) is 4.79 Å². The predicted molar refractivity (Wildman–Crippen MR) is 85.6 cm³/mol. The van der Waals surface area contributed by atoms with E-state index in [1.165, 1.54) is 20.4 Å². The first-order valence-corrected chi connectivity index (χ1v) is 7.40. The molecule has 20 heavy (non-hydrogen) atoms. The number of nitrogens with zero attached hydrogens (tertiary/aromatic N) is 1. The van der Waals surface area contributed by atoms with Crippen molar-refractivity contribution in [3.05, 3.63) is 29.1 Å². The summed E-state index contributed by atoms with van der Waals surface area (Å²) in [4.78, 5) is 13.4. The molecule has 1 atom stereocenters. The van der Waals surface area contributed by atoms with Crippen LogP contribution in [0, 0.1) is 5.41 Å². The largest absolute Gasteiger partial charge is 0.346 e. The van der Waals surface area contributed by atoms with Crippen LogP contribution in [0.3, 0.4) is 0 Å². The Morgan fingerprint density at radius 2 is 2.25 bits per heavy atom. The smallest absolute Gasteiger partial charge is 0.231 e. The molecule has 4 nitrogen and oxygen atoms in total. The lowest BCUT2D eigenvalue weighted by molar-refractivity contribution is -0.129. The van der Waals surface area contributed by atoms with Crippen molar-refractivity contribution in [2.24, 2.45) is 0 Å². The third-order valence-corrected chi connectivity index (χ3v) is 5.05. The average Bonchev–Trinajstić information content (AvgIpc) is 2.84. The van der Waals surface area contributed by atoms with E-state index in [1.807, 2.05) is 6.92 Å². The second kappa shape index (κ2) is 4.35. The van der Waals surface area contributed by atoms with Gasteiger partial charge in [-0.3, -0.25) is 15.1 Å². The van der Waals surface area contributed by atoms with Gasteiger partial charge in [-0.1, -0.05) is 11.5 Å². The molecule has 2 heterocycles. The fraction of sp³-hybridized carbons (Fsp3) is 0.286. The van der Waals surface area contributed by atoms with E-state index in [2.05, 4.69) is 36.7 Å². The summed E-state index contributed by atoms with van der Waals surface area (Å²) in [6.07, 6.45) is 0.362. The molecule has 6 heteroatoms. The number of carbonyl (C=O) groups excluding carboxylic acids is 1. The van der Waals surface area contributed by atoms with Crippen LogP contribution < -0.4 is 10.8 Å². The van der Waals surface area contributed by atoms with Crippen molar-refractivity contribution in [2.75, 3.05) is 7.05 Å². The van der Waals surface area contributed by atoms with Crippen molar-refractivity contribution in [1.82, 2.24) is 10.2 Å². The quantitative estimate of drug-likeness (QED) is 0.760. The highest BCUT2D eigenvalue weighted by Gasteiger charge is 2.38. The Kier molecular flexibility index (Phi) is 2.86. The molecule has 0 spiro atoms. The molecule has 2 N–H and O–H groups in total. The minimum Gasteiger partial charge on any atom is -0.346 e. The number of hydrogen-bond donors (Lipinski definition) is 2. The first kappa shape index (κ1) is 13.2. The molecule has 1 saturated heterocycles.